The Kier molecular flexibility index (Phi) is 4.04. The minimum absolute atomic E-state index is 0.0894. The molecular formula is C12H19N6O5+. The summed E-state index contributed by atoms with van der Waals surface area (Å²) >= 11 is 0. The number of fused-ring (bicyclic) bond motifs is 1. The fraction of sp³-hybridized carbons (Fsp3) is 0.583. The summed E-state index contributed by atoms with van der Waals surface area (Å²) in [6.45, 7) is 0.170. The van der Waals surface area contributed by atoms with E-state index in [1.165, 1.54) is 10.9 Å². The molecule has 11 nitrogen and oxygen atoms in total. The Hall–Kier alpha value is -2.05. The van der Waals surface area contributed by atoms with E-state index in [2.05, 4.69) is 9.97 Å². The number of nitrogens with one attached hydrogen (secondary N) is 1. The quantitative estimate of drug-likeness (QED) is 0.309. The number of H-pyrrole nitrogens is 1. The van der Waals surface area contributed by atoms with Crippen LogP contribution in [0.1, 0.15) is 6.23 Å². The highest BCUT2D eigenvalue weighted by atomic mass is 16.6. The van der Waals surface area contributed by atoms with E-state index in [0.29, 0.717) is 6.54 Å². The second kappa shape index (κ2) is 5.86. The largest absolute Gasteiger partial charge is 0.394 e. The van der Waals surface area contributed by atoms with E-state index < -0.39 is 36.7 Å². The van der Waals surface area contributed by atoms with Crippen LogP contribution >= 0.6 is 0 Å². The van der Waals surface area contributed by atoms with Crippen LogP contribution in [-0.2, 0) is 11.3 Å². The molecule has 11 heteroatoms. The van der Waals surface area contributed by atoms with Gasteiger partial charge in [0.1, 0.15) is 18.3 Å². The van der Waals surface area contributed by atoms with Crippen LogP contribution in [-0.4, -0.2) is 61.3 Å². The third-order valence-electron chi connectivity index (χ3n) is 3.85. The van der Waals surface area contributed by atoms with Crippen molar-refractivity contribution in [2.24, 2.45) is 5.73 Å². The number of aliphatic hydroxyl groups is 3. The first-order valence-corrected chi connectivity index (χ1v) is 7.10. The Morgan fingerprint density at radius 3 is 2.78 bits per heavy atom. The molecule has 0 bridgehead atoms. The number of hydrogen-bond donors (Lipinski definition) is 6. The van der Waals surface area contributed by atoms with Crippen molar-refractivity contribution in [2.75, 3.05) is 18.9 Å². The summed E-state index contributed by atoms with van der Waals surface area (Å²) in [6, 6.07) is 0. The fourth-order valence-electron chi connectivity index (χ4n) is 2.78. The molecular weight excluding hydrogens is 308 g/mol. The van der Waals surface area contributed by atoms with Crippen LogP contribution in [0, 0.1) is 0 Å². The second-order valence-electron chi connectivity index (χ2n) is 5.36. The molecule has 0 spiro atoms. The van der Waals surface area contributed by atoms with Gasteiger partial charge in [-0.3, -0.25) is 14.3 Å². The van der Waals surface area contributed by atoms with Crippen LogP contribution in [0.5, 0.6) is 0 Å². The molecule has 3 heterocycles. The van der Waals surface area contributed by atoms with Crippen molar-refractivity contribution < 1.29 is 24.6 Å². The van der Waals surface area contributed by atoms with Gasteiger partial charge in [-0.2, -0.15) is 0 Å². The minimum Gasteiger partial charge on any atom is -0.394 e. The van der Waals surface area contributed by atoms with Crippen molar-refractivity contribution in [3.8, 4) is 0 Å². The number of aliphatic hydroxyl groups excluding tert-OH is 3. The number of rotatable bonds is 4. The Balaban J connectivity index is 2.16. The zero-order chi connectivity index (χ0) is 16.7. The van der Waals surface area contributed by atoms with Gasteiger partial charge in [0, 0.05) is 6.54 Å². The van der Waals surface area contributed by atoms with Crippen molar-refractivity contribution in [3.63, 3.8) is 0 Å². The monoisotopic (exact) mass is 327 g/mol. The van der Waals surface area contributed by atoms with E-state index in [4.69, 9.17) is 16.2 Å². The summed E-state index contributed by atoms with van der Waals surface area (Å²) in [4.78, 5) is 18.6. The fourth-order valence-corrected chi connectivity index (χ4v) is 2.78. The van der Waals surface area contributed by atoms with Gasteiger partial charge in [-0.05, 0) is 0 Å². The highest BCUT2D eigenvalue weighted by Crippen LogP contribution is 2.26. The van der Waals surface area contributed by atoms with Crippen molar-refractivity contribution in [1.82, 2.24) is 14.5 Å². The lowest BCUT2D eigenvalue weighted by Crippen LogP contribution is -2.46. The summed E-state index contributed by atoms with van der Waals surface area (Å²) in [7, 11) is 0. The molecule has 0 aromatic carbocycles. The maximum absolute atomic E-state index is 12.1. The summed E-state index contributed by atoms with van der Waals surface area (Å²) in [5.41, 5.74) is 11.1. The molecule has 2 aromatic rings. The number of ether oxygens (including phenoxy) is 1. The van der Waals surface area contributed by atoms with E-state index in [0.717, 1.165) is 0 Å². The number of anilines is 1. The molecule has 0 saturated carbocycles. The van der Waals surface area contributed by atoms with Gasteiger partial charge < -0.3 is 31.5 Å². The lowest BCUT2D eigenvalue weighted by atomic mass is 10.1. The number of aromatic nitrogens is 4. The molecule has 3 rings (SSSR count). The normalized spacial score (nSPS) is 27.8. The van der Waals surface area contributed by atoms with Crippen molar-refractivity contribution in [3.05, 3.63) is 16.7 Å². The van der Waals surface area contributed by atoms with E-state index in [1.807, 2.05) is 0 Å². The van der Waals surface area contributed by atoms with Gasteiger partial charge in [0.15, 0.2) is 6.33 Å². The Morgan fingerprint density at radius 1 is 1.43 bits per heavy atom. The van der Waals surface area contributed by atoms with Crippen molar-refractivity contribution in [2.45, 2.75) is 31.1 Å². The van der Waals surface area contributed by atoms with Gasteiger partial charge in [0.25, 0.3) is 11.5 Å². The molecule has 0 radical (unpaired) electrons. The summed E-state index contributed by atoms with van der Waals surface area (Å²) < 4.78 is 8.44. The first-order valence-electron chi connectivity index (χ1n) is 7.10. The first kappa shape index (κ1) is 15.8. The van der Waals surface area contributed by atoms with Gasteiger partial charge in [-0.15, -0.1) is 0 Å². The molecule has 0 amide bonds. The smallest absolute Gasteiger partial charge is 0.313 e. The third-order valence-corrected chi connectivity index (χ3v) is 3.85. The topological polar surface area (TPSA) is 177 Å². The summed E-state index contributed by atoms with van der Waals surface area (Å²) in [5, 5.41) is 29.2. The van der Waals surface area contributed by atoms with Gasteiger partial charge in [0.05, 0.1) is 13.2 Å². The molecule has 2 aromatic heterocycles. The zero-order valence-electron chi connectivity index (χ0n) is 12.2. The molecule has 1 aliphatic rings. The molecule has 4 atom stereocenters. The standard InChI is InChI=1S/C12H18N6O5/c13-1-2-17-4-18(9-6(17)10(22)16-12(14)15-9)11-8(21)7(20)5(3-19)23-11/h4-5,7-8,11,19-21H,1-3,13H2,(H2-,14,15,16,22)/p+1/t5-,7-,8-,11-/m1/s1. The molecule has 1 aliphatic heterocycles. The van der Waals surface area contributed by atoms with E-state index in [9.17, 15) is 20.1 Å². The van der Waals surface area contributed by atoms with E-state index in [-0.39, 0.29) is 23.7 Å². The number of nitrogens with zero attached hydrogens (tertiary/aromatic N) is 3. The summed E-state index contributed by atoms with van der Waals surface area (Å²) in [6.07, 6.45) is -2.99. The Bertz CT molecular complexity index is 773. The van der Waals surface area contributed by atoms with Gasteiger partial charge in [-0.25, -0.2) is 4.57 Å². The minimum atomic E-state index is -1.30. The summed E-state index contributed by atoms with van der Waals surface area (Å²) in [5.74, 6) is -0.0894. The molecule has 0 unspecified atom stereocenters. The second-order valence-corrected chi connectivity index (χ2v) is 5.36. The third kappa shape index (κ3) is 2.48. The maximum Gasteiger partial charge on any atom is 0.313 e. The molecule has 1 saturated heterocycles. The Labute approximate surface area is 129 Å². The number of imidazole rings is 1. The van der Waals surface area contributed by atoms with Gasteiger partial charge in [-0.1, -0.05) is 4.98 Å². The first-order chi connectivity index (χ1) is 11.0. The van der Waals surface area contributed by atoms with Crippen LogP contribution < -0.4 is 21.6 Å². The lowest BCUT2D eigenvalue weighted by Gasteiger charge is -2.12. The predicted molar refractivity (Wildman–Crippen MR) is 77.0 cm³/mol. The molecule has 0 aliphatic carbocycles. The van der Waals surface area contributed by atoms with Crippen LogP contribution in [0.4, 0.5) is 5.95 Å². The molecule has 126 valence electrons. The van der Waals surface area contributed by atoms with Crippen LogP contribution in [0.15, 0.2) is 11.1 Å². The van der Waals surface area contributed by atoms with Crippen molar-refractivity contribution >= 4 is 17.1 Å². The lowest BCUT2D eigenvalue weighted by molar-refractivity contribution is -0.746. The van der Waals surface area contributed by atoms with E-state index >= 15 is 0 Å². The number of nitrogen functional groups attached to an aromatic ring is 1. The highest BCUT2D eigenvalue weighted by Gasteiger charge is 2.46. The zero-order valence-corrected chi connectivity index (χ0v) is 12.2. The predicted octanol–water partition coefficient (Wildman–Crippen LogP) is -3.84. The van der Waals surface area contributed by atoms with Crippen LogP contribution in [0.3, 0.4) is 0 Å². The number of nitrogens with two attached hydrogens (primary N) is 2. The molecule has 8 N–H and O–H groups in total. The highest BCUT2D eigenvalue weighted by molar-refractivity contribution is 5.67. The van der Waals surface area contributed by atoms with Gasteiger partial charge in [0.2, 0.25) is 11.7 Å². The molecule has 1 fully saturated rings. The number of aromatic amines is 1. The molecule has 23 heavy (non-hydrogen) atoms. The van der Waals surface area contributed by atoms with Crippen LogP contribution in [0.25, 0.3) is 11.2 Å². The van der Waals surface area contributed by atoms with E-state index in [1.54, 1.807) is 4.57 Å². The van der Waals surface area contributed by atoms with Crippen LogP contribution in [0.2, 0.25) is 0 Å². The average Bonchev–Trinajstić information content (AvgIpc) is 2.99. The Morgan fingerprint density at radius 2 is 2.17 bits per heavy atom. The average molecular weight is 327 g/mol. The SMILES string of the molecule is NCCn1c[n+]([C@@H]2O[C@H](CO)[C@@H](O)[C@H]2O)c2nc(N)[nH]c(=O)c21. The van der Waals surface area contributed by atoms with Gasteiger partial charge >= 0.3 is 5.65 Å². The number of hydrogen-bond acceptors (Lipinski definition) is 8. The van der Waals surface area contributed by atoms with Crippen molar-refractivity contribution in [1.29, 1.82) is 0 Å². The maximum atomic E-state index is 12.1.